The molecule has 0 aliphatic rings. The third-order valence-electron chi connectivity index (χ3n) is 3.32. The largest absolute Gasteiger partial charge is 0.480 e. The van der Waals surface area contributed by atoms with E-state index < -0.39 is 48.4 Å². The molecule has 0 fully saturated rings. The van der Waals surface area contributed by atoms with Crippen LogP contribution in [0.25, 0.3) is 0 Å². The van der Waals surface area contributed by atoms with Crippen LogP contribution in [0.1, 0.15) is 12.6 Å². The SMILES string of the molecule is CC(NC(=O)CNC(=O)C(Cc1cnc[nH]1)NC(=O)C(N)CS)C(=O)O. The summed E-state index contributed by atoms with van der Waals surface area (Å²) in [6.07, 6.45) is 3.02. The van der Waals surface area contributed by atoms with E-state index in [9.17, 15) is 19.2 Å². The van der Waals surface area contributed by atoms with Crippen molar-refractivity contribution < 1.29 is 24.3 Å². The van der Waals surface area contributed by atoms with Gasteiger partial charge in [0.2, 0.25) is 17.7 Å². The molecule has 3 amide bonds. The molecule has 7 N–H and O–H groups in total. The zero-order chi connectivity index (χ0) is 19.7. The lowest BCUT2D eigenvalue weighted by atomic mass is 10.1. The van der Waals surface area contributed by atoms with Crippen molar-refractivity contribution >= 4 is 36.3 Å². The molecule has 0 aromatic carbocycles. The zero-order valence-corrected chi connectivity index (χ0v) is 15.0. The topological polar surface area (TPSA) is 179 Å². The maximum absolute atomic E-state index is 12.3. The first-order chi connectivity index (χ1) is 12.2. The second kappa shape index (κ2) is 10.4. The molecule has 0 spiro atoms. The second-order valence-corrected chi connectivity index (χ2v) is 5.84. The Bertz CT molecular complexity index is 638. The number of imidazole rings is 1. The number of aliphatic carboxylic acids is 1. The van der Waals surface area contributed by atoms with Gasteiger partial charge in [0.1, 0.15) is 12.1 Å². The Labute approximate surface area is 154 Å². The fraction of sp³-hybridized carbons (Fsp3) is 0.500. The van der Waals surface area contributed by atoms with E-state index in [1.165, 1.54) is 19.4 Å². The highest BCUT2D eigenvalue weighted by atomic mass is 32.1. The van der Waals surface area contributed by atoms with E-state index in [1.807, 2.05) is 0 Å². The van der Waals surface area contributed by atoms with Crippen LogP contribution in [0.2, 0.25) is 0 Å². The van der Waals surface area contributed by atoms with Gasteiger partial charge in [-0.3, -0.25) is 19.2 Å². The van der Waals surface area contributed by atoms with E-state index in [4.69, 9.17) is 10.8 Å². The van der Waals surface area contributed by atoms with Gasteiger partial charge in [-0.2, -0.15) is 12.6 Å². The average Bonchev–Trinajstić information content (AvgIpc) is 3.11. The molecule has 144 valence electrons. The van der Waals surface area contributed by atoms with Gasteiger partial charge >= 0.3 is 5.97 Å². The fourth-order valence-corrected chi connectivity index (χ4v) is 2.00. The minimum Gasteiger partial charge on any atom is -0.480 e. The number of thiol groups is 1. The highest BCUT2D eigenvalue weighted by molar-refractivity contribution is 7.80. The Morgan fingerprint density at radius 2 is 2.00 bits per heavy atom. The fourth-order valence-electron chi connectivity index (χ4n) is 1.83. The zero-order valence-electron chi connectivity index (χ0n) is 14.1. The molecule has 1 aromatic heterocycles. The van der Waals surface area contributed by atoms with Crippen LogP contribution in [-0.4, -0.2) is 69.2 Å². The Hall–Kier alpha value is -2.60. The summed E-state index contributed by atoms with van der Waals surface area (Å²) in [4.78, 5) is 53.3. The normalized spacial score (nSPS) is 14.0. The Kier molecular flexibility index (Phi) is 8.58. The first kappa shape index (κ1) is 21.4. The van der Waals surface area contributed by atoms with Crippen LogP contribution < -0.4 is 21.7 Å². The van der Waals surface area contributed by atoms with E-state index in [0.29, 0.717) is 5.69 Å². The van der Waals surface area contributed by atoms with Gasteiger partial charge in [-0.25, -0.2) is 4.98 Å². The molecular weight excluding hydrogens is 364 g/mol. The number of nitrogens with two attached hydrogens (primary N) is 1. The molecule has 0 aliphatic carbocycles. The molecule has 3 unspecified atom stereocenters. The standard InChI is InChI=1S/C14H22N6O5S/c1-7(14(24)25)19-11(21)4-17-13(23)10(2-8-3-16-6-18-8)20-12(22)9(15)5-26/h3,6-7,9-10,26H,2,4-5,15H2,1H3,(H,16,18)(H,17,23)(H,19,21)(H,20,22)(H,24,25). The molecule has 11 nitrogen and oxygen atoms in total. The number of carbonyl (C=O) groups excluding carboxylic acids is 3. The van der Waals surface area contributed by atoms with Gasteiger partial charge in [0, 0.05) is 24.1 Å². The molecule has 0 saturated heterocycles. The summed E-state index contributed by atoms with van der Waals surface area (Å²) in [5.41, 5.74) is 6.18. The van der Waals surface area contributed by atoms with Crippen molar-refractivity contribution in [2.45, 2.75) is 31.5 Å². The maximum Gasteiger partial charge on any atom is 0.325 e. The summed E-state index contributed by atoms with van der Waals surface area (Å²) in [7, 11) is 0. The first-order valence-electron chi connectivity index (χ1n) is 7.68. The number of amides is 3. The molecule has 1 rings (SSSR count). The second-order valence-electron chi connectivity index (χ2n) is 5.48. The van der Waals surface area contributed by atoms with Gasteiger partial charge in [-0.15, -0.1) is 0 Å². The summed E-state index contributed by atoms with van der Waals surface area (Å²) >= 11 is 3.93. The number of H-pyrrole nitrogens is 1. The number of aromatic nitrogens is 2. The van der Waals surface area contributed by atoms with Gasteiger partial charge in [-0.1, -0.05) is 0 Å². The minimum atomic E-state index is -1.20. The van der Waals surface area contributed by atoms with Crippen LogP contribution in [0.15, 0.2) is 12.5 Å². The molecule has 3 atom stereocenters. The molecule has 12 heteroatoms. The number of carbonyl (C=O) groups is 4. The van der Waals surface area contributed by atoms with Gasteiger partial charge in [0.15, 0.2) is 0 Å². The molecule has 0 aliphatic heterocycles. The Balaban J connectivity index is 2.66. The molecular formula is C14H22N6O5S. The highest BCUT2D eigenvalue weighted by Gasteiger charge is 2.25. The summed E-state index contributed by atoms with van der Waals surface area (Å²) in [5, 5.41) is 15.8. The smallest absolute Gasteiger partial charge is 0.325 e. The van der Waals surface area contributed by atoms with Crippen LogP contribution >= 0.6 is 12.6 Å². The van der Waals surface area contributed by atoms with Crippen molar-refractivity contribution in [3.05, 3.63) is 18.2 Å². The molecule has 1 aromatic rings. The number of nitrogens with one attached hydrogen (secondary N) is 4. The lowest BCUT2D eigenvalue weighted by Gasteiger charge is -2.20. The van der Waals surface area contributed by atoms with Crippen molar-refractivity contribution in [1.82, 2.24) is 25.9 Å². The lowest BCUT2D eigenvalue weighted by molar-refractivity contribution is -0.141. The predicted octanol–water partition coefficient (Wildman–Crippen LogP) is -2.60. The van der Waals surface area contributed by atoms with Crippen LogP contribution in [0, 0.1) is 0 Å². The Morgan fingerprint density at radius 1 is 1.31 bits per heavy atom. The van der Waals surface area contributed by atoms with Gasteiger partial charge in [-0.05, 0) is 6.92 Å². The number of nitrogens with zero attached hydrogens (tertiary/aromatic N) is 1. The summed E-state index contributed by atoms with van der Waals surface area (Å²) in [6.45, 7) is 0.854. The van der Waals surface area contributed by atoms with E-state index in [0.717, 1.165) is 0 Å². The van der Waals surface area contributed by atoms with E-state index in [2.05, 4.69) is 38.5 Å². The number of hydrogen-bond acceptors (Lipinski definition) is 7. The number of rotatable bonds is 10. The van der Waals surface area contributed by atoms with Crippen LogP contribution in [0.3, 0.4) is 0 Å². The van der Waals surface area contributed by atoms with Gasteiger partial charge in [0.25, 0.3) is 0 Å². The van der Waals surface area contributed by atoms with E-state index in [-0.39, 0.29) is 12.2 Å². The van der Waals surface area contributed by atoms with E-state index in [1.54, 1.807) is 0 Å². The molecule has 1 heterocycles. The minimum absolute atomic E-state index is 0.0969. The van der Waals surface area contributed by atoms with Gasteiger partial charge in [0.05, 0.1) is 18.9 Å². The lowest BCUT2D eigenvalue weighted by Crippen LogP contribution is -2.54. The molecule has 0 radical (unpaired) electrons. The van der Waals surface area contributed by atoms with Crippen molar-refractivity contribution in [2.75, 3.05) is 12.3 Å². The monoisotopic (exact) mass is 386 g/mol. The summed E-state index contributed by atoms with van der Waals surface area (Å²) < 4.78 is 0. The van der Waals surface area contributed by atoms with Crippen LogP contribution in [-0.2, 0) is 25.6 Å². The van der Waals surface area contributed by atoms with Crippen molar-refractivity contribution in [2.24, 2.45) is 5.73 Å². The first-order valence-corrected chi connectivity index (χ1v) is 8.31. The van der Waals surface area contributed by atoms with Crippen LogP contribution in [0.4, 0.5) is 0 Å². The number of carboxylic acid groups (broad SMARTS) is 1. The predicted molar refractivity (Wildman–Crippen MR) is 94.3 cm³/mol. The highest BCUT2D eigenvalue weighted by Crippen LogP contribution is 2.00. The maximum atomic E-state index is 12.3. The van der Waals surface area contributed by atoms with Crippen LogP contribution in [0.5, 0.6) is 0 Å². The number of carboxylic acids is 1. The summed E-state index contributed by atoms with van der Waals surface area (Å²) in [5.74, 6) is -2.97. The molecule has 0 saturated carbocycles. The number of aromatic amines is 1. The summed E-state index contributed by atoms with van der Waals surface area (Å²) in [6, 6.07) is -2.98. The quantitative estimate of drug-likeness (QED) is 0.215. The van der Waals surface area contributed by atoms with Crippen molar-refractivity contribution in [1.29, 1.82) is 0 Å². The third-order valence-corrected chi connectivity index (χ3v) is 3.71. The van der Waals surface area contributed by atoms with E-state index >= 15 is 0 Å². The number of hydrogen-bond donors (Lipinski definition) is 7. The molecule has 0 bridgehead atoms. The van der Waals surface area contributed by atoms with Crippen molar-refractivity contribution in [3.8, 4) is 0 Å². The van der Waals surface area contributed by atoms with Crippen molar-refractivity contribution in [3.63, 3.8) is 0 Å². The van der Waals surface area contributed by atoms with Gasteiger partial charge < -0.3 is 31.8 Å². The molecule has 26 heavy (non-hydrogen) atoms. The third kappa shape index (κ3) is 7.11. The Morgan fingerprint density at radius 3 is 2.54 bits per heavy atom. The average molecular weight is 386 g/mol.